The fourth-order valence-electron chi connectivity index (χ4n) is 2.75. The van der Waals surface area contributed by atoms with Crippen LogP contribution in [0.3, 0.4) is 0 Å². The topological polar surface area (TPSA) is 41.0 Å². The molecule has 19 heavy (non-hydrogen) atoms. The summed E-state index contributed by atoms with van der Waals surface area (Å²) >= 11 is 0. The third-order valence-electron chi connectivity index (χ3n) is 3.91. The van der Waals surface area contributed by atoms with Gasteiger partial charge in [0, 0.05) is 24.3 Å². The van der Waals surface area contributed by atoms with Crippen LogP contribution in [0, 0.1) is 0 Å². The molecule has 4 heteroatoms. The molecule has 1 unspecified atom stereocenters. The van der Waals surface area contributed by atoms with Crippen LogP contribution in [0.4, 0.5) is 5.82 Å². The summed E-state index contributed by atoms with van der Waals surface area (Å²) in [6, 6.07) is 2.79. The molecule has 1 aliphatic rings. The van der Waals surface area contributed by atoms with Crippen molar-refractivity contribution in [2.75, 3.05) is 25.0 Å². The van der Waals surface area contributed by atoms with Gasteiger partial charge in [0.1, 0.15) is 12.1 Å². The summed E-state index contributed by atoms with van der Waals surface area (Å²) in [7, 11) is 2.02. The Bertz CT molecular complexity index is 391. The Morgan fingerprint density at radius 1 is 1.37 bits per heavy atom. The Hall–Kier alpha value is -1.16. The molecule has 0 bridgehead atoms. The Labute approximate surface area is 116 Å². The summed E-state index contributed by atoms with van der Waals surface area (Å²) in [4.78, 5) is 11.3. The van der Waals surface area contributed by atoms with E-state index in [0.29, 0.717) is 12.0 Å². The molecule has 2 heterocycles. The van der Waals surface area contributed by atoms with Gasteiger partial charge in [0.05, 0.1) is 0 Å². The fourth-order valence-corrected chi connectivity index (χ4v) is 2.75. The lowest BCUT2D eigenvalue weighted by molar-refractivity contribution is 0.430. The van der Waals surface area contributed by atoms with E-state index in [2.05, 4.69) is 40.1 Å². The van der Waals surface area contributed by atoms with Gasteiger partial charge in [-0.2, -0.15) is 0 Å². The number of hydrogen-bond acceptors (Lipinski definition) is 4. The van der Waals surface area contributed by atoms with E-state index in [4.69, 9.17) is 0 Å². The zero-order valence-electron chi connectivity index (χ0n) is 12.4. The SMILES string of the molecule is CNCCC1CCCCN1c1cc(C(C)C)ncn1. The van der Waals surface area contributed by atoms with E-state index in [-0.39, 0.29) is 0 Å². The van der Waals surface area contributed by atoms with Gasteiger partial charge in [0.15, 0.2) is 0 Å². The van der Waals surface area contributed by atoms with E-state index >= 15 is 0 Å². The highest BCUT2D eigenvalue weighted by atomic mass is 15.2. The lowest BCUT2D eigenvalue weighted by Crippen LogP contribution is -2.41. The molecule has 2 rings (SSSR count). The molecule has 1 fully saturated rings. The van der Waals surface area contributed by atoms with Gasteiger partial charge in [0.2, 0.25) is 0 Å². The average Bonchev–Trinajstić information content (AvgIpc) is 2.45. The minimum absolute atomic E-state index is 0.460. The molecule has 0 aromatic carbocycles. The third kappa shape index (κ3) is 3.66. The minimum Gasteiger partial charge on any atom is -0.353 e. The average molecular weight is 262 g/mol. The van der Waals surface area contributed by atoms with Crippen molar-refractivity contribution in [3.05, 3.63) is 18.1 Å². The first kappa shape index (κ1) is 14.3. The van der Waals surface area contributed by atoms with Crippen molar-refractivity contribution in [2.24, 2.45) is 0 Å². The van der Waals surface area contributed by atoms with Gasteiger partial charge in [-0.25, -0.2) is 9.97 Å². The molecular weight excluding hydrogens is 236 g/mol. The summed E-state index contributed by atoms with van der Waals surface area (Å²) < 4.78 is 0. The van der Waals surface area contributed by atoms with Gasteiger partial charge >= 0.3 is 0 Å². The van der Waals surface area contributed by atoms with E-state index < -0.39 is 0 Å². The highest BCUT2D eigenvalue weighted by molar-refractivity contribution is 5.41. The monoisotopic (exact) mass is 262 g/mol. The third-order valence-corrected chi connectivity index (χ3v) is 3.91. The maximum absolute atomic E-state index is 4.50. The van der Waals surface area contributed by atoms with Crippen LogP contribution < -0.4 is 10.2 Å². The van der Waals surface area contributed by atoms with E-state index in [0.717, 1.165) is 24.6 Å². The van der Waals surface area contributed by atoms with E-state index in [1.165, 1.54) is 25.7 Å². The normalized spacial score (nSPS) is 20.0. The van der Waals surface area contributed by atoms with Gasteiger partial charge < -0.3 is 10.2 Å². The fraction of sp³-hybridized carbons (Fsp3) is 0.733. The Kier molecular flexibility index (Phi) is 5.14. The molecule has 1 atom stereocenters. The summed E-state index contributed by atoms with van der Waals surface area (Å²) in [5.74, 6) is 1.57. The molecule has 106 valence electrons. The Balaban J connectivity index is 2.14. The first-order chi connectivity index (χ1) is 9.22. The molecule has 1 saturated heterocycles. The number of piperidine rings is 1. The number of anilines is 1. The van der Waals surface area contributed by atoms with Crippen molar-refractivity contribution in [1.82, 2.24) is 15.3 Å². The first-order valence-corrected chi connectivity index (χ1v) is 7.45. The molecule has 0 radical (unpaired) electrons. The summed E-state index contributed by atoms with van der Waals surface area (Å²) in [6.07, 6.45) is 6.80. The standard InChI is InChI=1S/C15H26N4/c1-12(2)14-10-15(18-11-17-14)19-9-5-4-6-13(19)7-8-16-3/h10-13,16H,4-9H2,1-3H3. The second-order valence-electron chi connectivity index (χ2n) is 5.69. The van der Waals surface area contributed by atoms with E-state index in [1.54, 1.807) is 6.33 Å². The number of nitrogens with zero attached hydrogens (tertiary/aromatic N) is 3. The Morgan fingerprint density at radius 2 is 2.21 bits per heavy atom. The van der Waals surface area contributed by atoms with Crippen molar-refractivity contribution < 1.29 is 0 Å². The molecule has 1 aromatic heterocycles. The van der Waals surface area contributed by atoms with Crippen LogP contribution in [0.25, 0.3) is 0 Å². The second kappa shape index (κ2) is 6.85. The van der Waals surface area contributed by atoms with Crippen molar-refractivity contribution >= 4 is 5.82 Å². The Morgan fingerprint density at radius 3 is 2.95 bits per heavy atom. The maximum Gasteiger partial charge on any atom is 0.132 e. The highest BCUT2D eigenvalue weighted by Gasteiger charge is 2.23. The van der Waals surface area contributed by atoms with Gasteiger partial charge in [-0.1, -0.05) is 13.8 Å². The summed E-state index contributed by atoms with van der Waals surface area (Å²) in [6.45, 7) is 6.56. The molecule has 1 N–H and O–H groups in total. The van der Waals surface area contributed by atoms with Crippen molar-refractivity contribution in [3.63, 3.8) is 0 Å². The van der Waals surface area contributed by atoms with Crippen molar-refractivity contribution in [1.29, 1.82) is 0 Å². The second-order valence-corrected chi connectivity index (χ2v) is 5.69. The van der Waals surface area contributed by atoms with Crippen molar-refractivity contribution in [3.8, 4) is 0 Å². The quantitative estimate of drug-likeness (QED) is 0.885. The molecule has 1 aliphatic heterocycles. The summed E-state index contributed by atoms with van der Waals surface area (Å²) in [5.41, 5.74) is 1.14. The smallest absolute Gasteiger partial charge is 0.132 e. The van der Waals surface area contributed by atoms with Crippen LogP contribution in [-0.2, 0) is 0 Å². The van der Waals surface area contributed by atoms with E-state index in [9.17, 15) is 0 Å². The maximum atomic E-state index is 4.50. The molecule has 0 aliphatic carbocycles. The van der Waals surface area contributed by atoms with Gasteiger partial charge in [-0.15, -0.1) is 0 Å². The number of rotatable bonds is 5. The van der Waals surface area contributed by atoms with Gasteiger partial charge in [0.25, 0.3) is 0 Å². The van der Waals surface area contributed by atoms with Gasteiger partial charge in [-0.3, -0.25) is 0 Å². The number of aromatic nitrogens is 2. The van der Waals surface area contributed by atoms with Crippen LogP contribution in [0.15, 0.2) is 12.4 Å². The van der Waals surface area contributed by atoms with Crippen molar-refractivity contribution in [2.45, 2.75) is 51.5 Å². The van der Waals surface area contributed by atoms with Crippen LogP contribution in [-0.4, -0.2) is 36.1 Å². The zero-order valence-corrected chi connectivity index (χ0v) is 12.4. The zero-order chi connectivity index (χ0) is 13.7. The molecule has 0 spiro atoms. The predicted molar refractivity (Wildman–Crippen MR) is 79.6 cm³/mol. The van der Waals surface area contributed by atoms with Crippen LogP contribution in [0.1, 0.15) is 51.1 Å². The summed E-state index contributed by atoms with van der Waals surface area (Å²) in [5, 5.41) is 3.26. The lowest BCUT2D eigenvalue weighted by Gasteiger charge is -2.37. The van der Waals surface area contributed by atoms with E-state index in [1.807, 2.05) is 7.05 Å². The predicted octanol–water partition coefficient (Wildman–Crippen LogP) is 2.57. The lowest BCUT2D eigenvalue weighted by atomic mass is 9.99. The first-order valence-electron chi connectivity index (χ1n) is 7.45. The molecule has 0 amide bonds. The highest BCUT2D eigenvalue weighted by Crippen LogP contribution is 2.26. The van der Waals surface area contributed by atoms with Crippen LogP contribution in [0.2, 0.25) is 0 Å². The minimum atomic E-state index is 0.460. The van der Waals surface area contributed by atoms with Gasteiger partial charge in [-0.05, 0) is 45.2 Å². The molecule has 0 saturated carbocycles. The van der Waals surface area contributed by atoms with Crippen LogP contribution >= 0.6 is 0 Å². The molecule has 4 nitrogen and oxygen atoms in total. The largest absolute Gasteiger partial charge is 0.353 e. The number of nitrogens with one attached hydrogen (secondary N) is 1. The molecular formula is C15H26N4. The van der Waals surface area contributed by atoms with Crippen LogP contribution in [0.5, 0.6) is 0 Å². The number of hydrogen-bond donors (Lipinski definition) is 1. The molecule has 1 aromatic rings.